The van der Waals surface area contributed by atoms with Crippen LogP contribution >= 0.6 is 0 Å². The molecule has 0 bridgehead atoms. The normalized spacial score (nSPS) is 12.3. The molecule has 18 heavy (non-hydrogen) atoms. The van der Waals surface area contributed by atoms with Crippen molar-refractivity contribution in [2.45, 2.75) is 38.2 Å². The molecule has 0 heterocycles. The molecule has 1 aromatic rings. The number of primary amides is 1. The quantitative estimate of drug-likeness (QED) is 0.607. The Balaban J connectivity index is 2.46. The van der Waals surface area contributed by atoms with Gasteiger partial charge in [0.25, 0.3) is 0 Å². The first-order chi connectivity index (χ1) is 8.63. The summed E-state index contributed by atoms with van der Waals surface area (Å²) < 4.78 is 0. The molecule has 4 heteroatoms. The Morgan fingerprint density at radius 3 is 2.78 bits per heavy atom. The first-order valence-electron chi connectivity index (χ1n) is 6.38. The molecule has 0 radical (unpaired) electrons. The van der Waals surface area contributed by atoms with Crippen LogP contribution in [0.1, 0.15) is 42.9 Å². The van der Waals surface area contributed by atoms with Crippen LogP contribution in [0.15, 0.2) is 24.3 Å². The second-order valence-corrected chi connectivity index (χ2v) is 4.51. The standard InChI is InChI=1S/C14H22N2O2/c15-9-8-13(17)12-6-3-5-11(10-12)4-1-2-7-14(16)18/h3,5-6,10,13,17H,1-2,4,7-9,15H2,(H2,16,18). The number of rotatable bonds is 8. The van der Waals surface area contributed by atoms with Crippen molar-refractivity contribution in [3.8, 4) is 0 Å². The summed E-state index contributed by atoms with van der Waals surface area (Å²) in [5.74, 6) is -0.248. The van der Waals surface area contributed by atoms with Gasteiger partial charge in [0, 0.05) is 6.42 Å². The van der Waals surface area contributed by atoms with E-state index in [9.17, 15) is 9.90 Å². The Kier molecular flexibility index (Phi) is 6.39. The number of hydrogen-bond acceptors (Lipinski definition) is 3. The third kappa shape index (κ3) is 5.29. The van der Waals surface area contributed by atoms with E-state index in [0.29, 0.717) is 19.4 Å². The van der Waals surface area contributed by atoms with Crippen molar-refractivity contribution in [1.82, 2.24) is 0 Å². The van der Waals surface area contributed by atoms with Gasteiger partial charge in [-0.15, -0.1) is 0 Å². The van der Waals surface area contributed by atoms with Crippen LogP contribution in [0.4, 0.5) is 0 Å². The number of benzene rings is 1. The van der Waals surface area contributed by atoms with Gasteiger partial charge in [-0.25, -0.2) is 0 Å². The highest BCUT2D eigenvalue weighted by atomic mass is 16.3. The van der Waals surface area contributed by atoms with Crippen LogP contribution in [0, 0.1) is 0 Å². The van der Waals surface area contributed by atoms with Crippen LogP contribution in [-0.2, 0) is 11.2 Å². The Morgan fingerprint density at radius 2 is 2.11 bits per heavy atom. The fourth-order valence-corrected chi connectivity index (χ4v) is 1.91. The molecular formula is C14H22N2O2. The molecule has 1 aromatic carbocycles. The monoisotopic (exact) mass is 250 g/mol. The van der Waals surface area contributed by atoms with Gasteiger partial charge >= 0.3 is 0 Å². The van der Waals surface area contributed by atoms with Crippen molar-refractivity contribution >= 4 is 5.91 Å². The van der Waals surface area contributed by atoms with Crippen LogP contribution in [-0.4, -0.2) is 17.6 Å². The zero-order valence-electron chi connectivity index (χ0n) is 10.6. The predicted molar refractivity (Wildman–Crippen MR) is 71.8 cm³/mol. The molecule has 1 unspecified atom stereocenters. The van der Waals surface area contributed by atoms with E-state index >= 15 is 0 Å². The molecule has 1 amide bonds. The molecule has 1 rings (SSSR count). The van der Waals surface area contributed by atoms with Gasteiger partial charge < -0.3 is 16.6 Å². The Bertz CT molecular complexity index is 380. The van der Waals surface area contributed by atoms with Crippen molar-refractivity contribution in [3.05, 3.63) is 35.4 Å². The van der Waals surface area contributed by atoms with Crippen LogP contribution < -0.4 is 11.5 Å². The van der Waals surface area contributed by atoms with E-state index in [4.69, 9.17) is 11.5 Å². The fraction of sp³-hybridized carbons (Fsp3) is 0.500. The molecule has 1 atom stereocenters. The molecule has 0 spiro atoms. The molecule has 0 fully saturated rings. The number of aliphatic hydroxyl groups excluding tert-OH is 1. The minimum absolute atomic E-state index is 0.248. The number of amides is 1. The maximum absolute atomic E-state index is 10.6. The van der Waals surface area contributed by atoms with Gasteiger partial charge in [0.15, 0.2) is 0 Å². The second-order valence-electron chi connectivity index (χ2n) is 4.51. The van der Waals surface area contributed by atoms with Crippen molar-refractivity contribution in [3.63, 3.8) is 0 Å². The lowest BCUT2D eigenvalue weighted by Gasteiger charge is -2.11. The van der Waals surface area contributed by atoms with Gasteiger partial charge in [0.1, 0.15) is 0 Å². The predicted octanol–water partition coefficient (Wildman–Crippen LogP) is 1.27. The average Bonchev–Trinajstić information content (AvgIpc) is 2.35. The summed E-state index contributed by atoms with van der Waals surface area (Å²) in [6, 6.07) is 7.89. The fourth-order valence-electron chi connectivity index (χ4n) is 1.91. The highest BCUT2D eigenvalue weighted by Gasteiger charge is 2.06. The molecule has 0 saturated carbocycles. The summed E-state index contributed by atoms with van der Waals surface area (Å²) in [7, 11) is 0. The number of aryl methyl sites for hydroxylation is 1. The number of hydrogen-bond donors (Lipinski definition) is 3. The molecule has 0 aromatic heterocycles. The number of unbranched alkanes of at least 4 members (excludes halogenated alkanes) is 1. The van der Waals surface area contributed by atoms with E-state index in [0.717, 1.165) is 24.8 Å². The van der Waals surface area contributed by atoms with E-state index in [1.165, 1.54) is 5.56 Å². The lowest BCUT2D eigenvalue weighted by molar-refractivity contribution is -0.118. The molecule has 0 saturated heterocycles. The van der Waals surface area contributed by atoms with Crippen LogP contribution in [0.5, 0.6) is 0 Å². The maximum Gasteiger partial charge on any atom is 0.217 e. The van der Waals surface area contributed by atoms with Gasteiger partial charge in [0.05, 0.1) is 6.10 Å². The third-order valence-corrected chi connectivity index (χ3v) is 2.91. The maximum atomic E-state index is 10.6. The molecule has 5 N–H and O–H groups in total. The SMILES string of the molecule is NCCC(O)c1cccc(CCCCC(N)=O)c1. The van der Waals surface area contributed by atoms with Crippen molar-refractivity contribution in [2.75, 3.05) is 6.54 Å². The van der Waals surface area contributed by atoms with Crippen molar-refractivity contribution in [1.29, 1.82) is 0 Å². The summed E-state index contributed by atoms with van der Waals surface area (Å²) in [5, 5.41) is 9.85. The number of nitrogens with two attached hydrogens (primary N) is 2. The van der Waals surface area contributed by atoms with Crippen LogP contribution in [0.2, 0.25) is 0 Å². The zero-order valence-corrected chi connectivity index (χ0v) is 10.6. The molecule has 4 nitrogen and oxygen atoms in total. The third-order valence-electron chi connectivity index (χ3n) is 2.91. The largest absolute Gasteiger partial charge is 0.388 e. The lowest BCUT2D eigenvalue weighted by atomic mass is 10.0. The smallest absolute Gasteiger partial charge is 0.217 e. The topological polar surface area (TPSA) is 89.3 Å². The van der Waals surface area contributed by atoms with Gasteiger partial charge in [0.2, 0.25) is 5.91 Å². The van der Waals surface area contributed by atoms with E-state index in [1.807, 2.05) is 24.3 Å². The number of carbonyl (C=O) groups is 1. The van der Waals surface area contributed by atoms with Crippen LogP contribution in [0.3, 0.4) is 0 Å². The second kappa shape index (κ2) is 7.84. The van der Waals surface area contributed by atoms with E-state index in [1.54, 1.807) is 0 Å². The zero-order chi connectivity index (χ0) is 13.4. The number of carbonyl (C=O) groups excluding carboxylic acids is 1. The molecule has 100 valence electrons. The summed E-state index contributed by atoms with van der Waals surface area (Å²) in [5.41, 5.74) is 12.6. The van der Waals surface area contributed by atoms with E-state index < -0.39 is 6.10 Å². The molecular weight excluding hydrogens is 228 g/mol. The Hall–Kier alpha value is -1.39. The first-order valence-corrected chi connectivity index (χ1v) is 6.38. The summed E-state index contributed by atoms with van der Waals surface area (Å²) in [6.45, 7) is 0.476. The Labute approximate surface area is 108 Å². The molecule has 0 aliphatic rings. The van der Waals surface area contributed by atoms with Gasteiger partial charge in [-0.1, -0.05) is 24.3 Å². The van der Waals surface area contributed by atoms with Gasteiger partial charge in [-0.3, -0.25) is 4.79 Å². The molecule has 0 aliphatic heterocycles. The van der Waals surface area contributed by atoms with Crippen molar-refractivity contribution in [2.24, 2.45) is 11.5 Å². The lowest BCUT2D eigenvalue weighted by Crippen LogP contribution is -2.09. The highest BCUT2D eigenvalue weighted by Crippen LogP contribution is 2.18. The van der Waals surface area contributed by atoms with Crippen molar-refractivity contribution < 1.29 is 9.90 Å². The minimum atomic E-state index is -0.486. The van der Waals surface area contributed by atoms with Crippen LogP contribution in [0.25, 0.3) is 0 Å². The Morgan fingerprint density at radius 1 is 1.33 bits per heavy atom. The summed E-state index contributed by atoms with van der Waals surface area (Å²) in [4.78, 5) is 10.6. The first kappa shape index (κ1) is 14.7. The highest BCUT2D eigenvalue weighted by molar-refractivity contribution is 5.73. The van der Waals surface area contributed by atoms with Gasteiger partial charge in [-0.05, 0) is 43.4 Å². The van der Waals surface area contributed by atoms with Gasteiger partial charge in [-0.2, -0.15) is 0 Å². The minimum Gasteiger partial charge on any atom is -0.388 e. The summed E-state index contributed by atoms with van der Waals surface area (Å²) >= 11 is 0. The van der Waals surface area contributed by atoms with E-state index in [2.05, 4.69) is 0 Å². The number of aliphatic hydroxyl groups is 1. The average molecular weight is 250 g/mol. The molecule has 0 aliphatic carbocycles. The van der Waals surface area contributed by atoms with E-state index in [-0.39, 0.29) is 5.91 Å². The summed E-state index contributed by atoms with van der Waals surface area (Å²) in [6.07, 6.45) is 3.17.